The van der Waals surface area contributed by atoms with Crippen molar-refractivity contribution in [1.29, 1.82) is 0 Å². The van der Waals surface area contributed by atoms with Crippen LogP contribution < -0.4 is 0 Å². The van der Waals surface area contributed by atoms with Crippen LogP contribution in [0.25, 0.3) is 74.0 Å². The standard InChI is InChI=1S/C46H34N2OS2/c1-46(2,3)31-22-23-40(49)30(24-31)27-47-39-20-8-6-16-37(39)45-48-43-38(34-18-10-13-28-12-4-5-14-32(28)34)25-29(26-42(43)51-45)33-17-11-19-36-35-15-7-9-21-41(35)50-44(33)36/h4-27,49H,1-3H3. The highest BCUT2D eigenvalue weighted by molar-refractivity contribution is 7.26. The Morgan fingerprint density at radius 3 is 2.20 bits per heavy atom. The first-order chi connectivity index (χ1) is 24.8. The molecule has 2 heterocycles. The van der Waals surface area contributed by atoms with E-state index in [1.807, 2.05) is 41.7 Å². The summed E-state index contributed by atoms with van der Waals surface area (Å²) in [4.78, 5) is 10.3. The van der Waals surface area contributed by atoms with Gasteiger partial charge in [0.05, 0.1) is 15.9 Å². The number of nitrogens with zero attached hydrogens (tertiary/aromatic N) is 2. The fraction of sp³-hybridized carbons (Fsp3) is 0.0870. The summed E-state index contributed by atoms with van der Waals surface area (Å²) in [6.07, 6.45) is 1.77. The van der Waals surface area contributed by atoms with Crippen LogP contribution in [-0.2, 0) is 5.41 Å². The lowest BCUT2D eigenvalue weighted by atomic mass is 9.86. The normalized spacial score (nSPS) is 12.2. The second kappa shape index (κ2) is 12.3. The molecule has 51 heavy (non-hydrogen) atoms. The fourth-order valence-electron chi connectivity index (χ4n) is 6.97. The van der Waals surface area contributed by atoms with Crippen LogP contribution >= 0.6 is 22.7 Å². The maximum atomic E-state index is 10.7. The van der Waals surface area contributed by atoms with E-state index < -0.39 is 0 Å². The average Bonchev–Trinajstić information content (AvgIpc) is 3.75. The number of hydrogen-bond acceptors (Lipinski definition) is 5. The molecule has 9 aromatic rings. The third-order valence-corrected chi connectivity index (χ3v) is 11.9. The maximum Gasteiger partial charge on any atom is 0.126 e. The van der Waals surface area contributed by atoms with Crippen LogP contribution in [0.15, 0.2) is 145 Å². The molecule has 7 aromatic carbocycles. The van der Waals surface area contributed by atoms with Gasteiger partial charge in [-0.05, 0) is 80.9 Å². The van der Waals surface area contributed by atoms with Crippen LogP contribution in [0.4, 0.5) is 5.69 Å². The van der Waals surface area contributed by atoms with Gasteiger partial charge in [0, 0.05) is 43.1 Å². The molecule has 0 spiro atoms. The number of aliphatic imine (C=N–C) groups is 1. The van der Waals surface area contributed by atoms with Crippen molar-refractivity contribution < 1.29 is 5.11 Å². The molecule has 0 atom stereocenters. The highest BCUT2D eigenvalue weighted by Crippen LogP contribution is 2.46. The van der Waals surface area contributed by atoms with E-state index in [9.17, 15) is 5.11 Å². The molecule has 0 aliphatic rings. The number of benzene rings is 7. The van der Waals surface area contributed by atoms with Crippen molar-refractivity contribution in [1.82, 2.24) is 4.98 Å². The number of rotatable bonds is 5. The lowest BCUT2D eigenvalue weighted by molar-refractivity contribution is 0.473. The molecule has 0 bridgehead atoms. The van der Waals surface area contributed by atoms with Gasteiger partial charge in [-0.25, -0.2) is 4.98 Å². The van der Waals surface area contributed by atoms with Crippen LogP contribution in [0.1, 0.15) is 31.9 Å². The molecule has 3 nitrogen and oxygen atoms in total. The summed E-state index contributed by atoms with van der Waals surface area (Å²) in [5.41, 5.74) is 9.23. The minimum atomic E-state index is -0.0433. The average molecular weight is 695 g/mol. The number of aromatic nitrogens is 1. The van der Waals surface area contributed by atoms with Crippen LogP contribution in [0.5, 0.6) is 5.75 Å². The molecule has 5 heteroatoms. The van der Waals surface area contributed by atoms with E-state index in [1.165, 1.54) is 47.6 Å². The van der Waals surface area contributed by atoms with E-state index in [4.69, 9.17) is 9.98 Å². The van der Waals surface area contributed by atoms with E-state index in [1.54, 1.807) is 23.6 Å². The smallest absolute Gasteiger partial charge is 0.126 e. The Kier molecular flexibility index (Phi) is 7.57. The van der Waals surface area contributed by atoms with Gasteiger partial charge in [0.1, 0.15) is 10.8 Å². The van der Waals surface area contributed by atoms with E-state index in [-0.39, 0.29) is 11.2 Å². The van der Waals surface area contributed by atoms with Gasteiger partial charge in [0.2, 0.25) is 0 Å². The summed E-state index contributed by atoms with van der Waals surface area (Å²) >= 11 is 3.56. The number of phenolic OH excluding ortho intramolecular Hbond substituents is 1. The summed E-state index contributed by atoms with van der Waals surface area (Å²) in [5.74, 6) is 0.213. The Morgan fingerprint density at radius 2 is 1.31 bits per heavy atom. The number of thiophene rings is 1. The topological polar surface area (TPSA) is 45.5 Å². The van der Waals surface area contributed by atoms with Crippen molar-refractivity contribution in [2.24, 2.45) is 4.99 Å². The van der Waals surface area contributed by atoms with Gasteiger partial charge in [-0.3, -0.25) is 4.99 Å². The summed E-state index contributed by atoms with van der Waals surface area (Å²) in [6, 6.07) is 49.0. The third-order valence-electron chi connectivity index (χ3n) is 9.66. The molecule has 0 amide bonds. The van der Waals surface area contributed by atoms with E-state index >= 15 is 0 Å². The predicted octanol–water partition coefficient (Wildman–Crippen LogP) is 13.6. The summed E-state index contributed by atoms with van der Waals surface area (Å²) in [5, 5.41) is 16.6. The van der Waals surface area contributed by atoms with E-state index in [2.05, 4.69) is 124 Å². The second-order valence-electron chi connectivity index (χ2n) is 14.0. The summed E-state index contributed by atoms with van der Waals surface area (Å²) < 4.78 is 3.72. The van der Waals surface area contributed by atoms with Gasteiger partial charge in [-0.1, -0.05) is 118 Å². The molecule has 0 unspecified atom stereocenters. The number of phenols is 1. The van der Waals surface area contributed by atoms with Gasteiger partial charge >= 0.3 is 0 Å². The molecule has 0 saturated carbocycles. The Hall–Kier alpha value is -5.62. The lowest BCUT2D eigenvalue weighted by Gasteiger charge is -2.19. The largest absolute Gasteiger partial charge is 0.507 e. The van der Waals surface area contributed by atoms with Gasteiger partial charge < -0.3 is 5.11 Å². The molecule has 246 valence electrons. The van der Waals surface area contributed by atoms with Gasteiger partial charge in [0.15, 0.2) is 0 Å². The molecule has 0 radical (unpaired) electrons. The van der Waals surface area contributed by atoms with E-state index in [0.29, 0.717) is 5.56 Å². The maximum absolute atomic E-state index is 10.7. The lowest BCUT2D eigenvalue weighted by Crippen LogP contribution is -2.11. The first kappa shape index (κ1) is 31.4. The molecule has 2 aromatic heterocycles. The number of aromatic hydroxyl groups is 1. The van der Waals surface area contributed by atoms with Gasteiger partial charge in [0.25, 0.3) is 0 Å². The zero-order valence-electron chi connectivity index (χ0n) is 28.5. The fourth-order valence-corrected chi connectivity index (χ4v) is 9.28. The third kappa shape index (κ3) is 5.59. The Labute approximate surface area is 304 Å². The van der Waals surface area contributed by atoms with Crippen LogP contribution in [0.2, 0.25) is 0 Å². The molecular formula is C46H34N2OS2. The van der Waals surface area contributed by atoms with Crippen molar-refractivity contribution in [3.8, 4) is 38.6 Å². The first-order valence-electron chi connectivity index (χ1n) is 17.1. The second-order valence-corrected chi connectivity index (χ2v) is 16.1. The minimum Gasteiger partial charge on any atom is -0.507 e. The van der Waals surface area contributed by atoms with Crippen LogP contribution in [-0.4, -0.2) is 16.3 Å². The minimum absolute atomic E-state index is 0.0433. The van der Waals surface area contributed by atoms with Crippen LogP contribution in [0.3, 0.4) is 0 Å². The summed E-state index contributed by atoms with van der Waals surface area (Å²) in [6.45, 7) is 6.51. The van der Waals surface area contributed by atoms with Gasteiger partial charge in [-0.15, -0.1) is 22.7 Å². The molecule has 0 fully saturated rings. The molecule has 0 aliphatic heterocycles. The van der Waals surface area contributed by atoms with Crippen molar-refractivity contribution in [2.45, 2.75) is 26.2 Å². The molecule has 0 aliphatic carbocycles. The Morgan fingerprint density at radius 1 is 0.608 bits per heavy atom. The highest BCUT2D eigenvalue weighted by Gasteiger charge is 2.19. The first-order valence-corrected chi connectivity index (χ1v) is 18.8. The molecule has 0 saturated heterocycles. The quantitative estimate of drug-likeness (QED) is 0.182. The molecule has 1 N–H and O–H groups in total. The van der Waals surface area contributed by atoms with Crippen LogP contribution in [0, 0.1) is 0 Å². The predicted molar refractivity (Wildman–Crippen MR) is 220 cm³/mol. The SMILES string of the molecule is CC(C)(C)c1ccc(O)c(C=Nc2ccccc2-c2nc3c(-c4cccc5ccccc45)cc(-c4cccc5c4sc4ccccc45)cc3s2)c1. The number of hydrogen-bond donors (Lipinski definition) is 1. The summed E-state index contributed by atoms with van der Waals surface area (Å²) in [7, 11) is 0. The highest BCUT2D eigenvalue weighted by atomic mass is 32.1. The monoisotopic (exact) mass is 694 g/mol. The molecular weight excluding hydrogens is 661 g/mol. The number of para-hydroxylation sites is 1. The molecule has 9 rings (SSSR count). The van der Waals surface area contributed by atoms with Crippen molar-refractivity contribution in [3.05, 3.63) is 151 Å². The number of fused-ring (bicyclic) bond motifs is 5. The van der Waals surface area contributed by atoms with Gasteiger partial charge in [-0.2, -0.15) is 0 Å². The van der Waals surface area contributed by atoms with E-state index in [0.717, 1.165) is 37.6 Å². The van der Waals surface area contributed by atoms with Crippen molar-refractivity contribution in [2.75, 3.05) is 0 Å². The Balaban J connectivity index is 1.24. The zero-order chi connectivity index (χ0) is 34.7. The zero-order valence-corrected chi connectivity index (χ0v) is 30.1. The number of thiazole rings is 1. The Bertz CT molecular complexity index is 2810. The van der Waals surface area contributed by atoms with Crippen molar-refractivity contribution in [3.63, 3.8) is 0 Å². The van der Waals surface area contributed by atoms with Crippen molar-refractivity contribution >= 4 is 75.7 Å².